The number of hydrogen-bond donors (Lipinski definition) is 0. The van der Waals surface area contributed by atoms with Gasteiger partial charge in [-0.05, 0) is 61.4 Å². The number of carbonyl (C=O) groups is 1. The van der Waals surface area contributed by atoms with Crippen LogP contribution in [0.2, 0.25) is 0 Å². The molecule has 0 atom stereocenters. The van der Waals surface area contributed by atoms with Gasteiger partial charge in [-0.1, -0.05) is 60.4 Å². The van der Waals surface area contributed by atoms with Crippen molar-refractivity contribution in [1.82, 2.24) is 0 Å². The van der Waals surface area contributed by atoms with Gasteiger partial charge in [0.05, 0.1) is 22.0 Å². The molecule has 0 aliphatic carbocycles. The molecule has 1 saturated heterocycles. The maximum atomic E-state index is 14.0. The van der Waals surface area contributed by atoms with Gasteiger partial charge < -0.3 is 0 Å². The van der Waals surface area contributed by atoms with Crippen LogP contribution in [0.25, 0.3) is 6.08 Å². The van der Waals surface area contributed by atoms with Crippen molar-refractivity contribution in [3.8, 4) is 0 Å². The van der Waals surface area contributed by atoms with Gasteiger partial charge in [-0.2, -0.15) is 10.2 Å². The van der Waals surface area contributed by atoms with Gasteiger partial charge in [-0.25, -0.2) is 4.39 Å². The Balaban J connectivity index is 1.60. The largest absolute Gasteiger partial charge is 0.270 e. The number of aryl methyl sites for hydroxylation is 2. The lowest BCUT2D eigenvalue weighted by Crippen LogP contribution is -2.28. The second-order valence-corrected chi connectivity index (χ2v) is 8.67. The fourth-order valence-corrected chi connectivity index (χ4v) is 4.42. The van der Waals surface area contributed by atoms with Crippen LogP contribution in [0.3, 0.4) is 0 Å². The standard InChI is InChI=1S/C24H18FN3OS2/c1-15-7-3-6-10-20(15)27-26-18-11-12-21(16(2)13-18)28-23(29)22(31-24(28)30)14-17-8-4-5-9-19(17)25/h3-14H,1-2H3/b22-14-,27-26?. The molecule has 3 aromatic carbocycles. The molecule has 0 N–H and O–H groups in total. The summed E-state index contributed by atoms with van der Waals surface area (Å²) >= 11 is 6.60. The second-order valence-electron chi connectivity index (χ2n) is 7.00. The van der Waals surface area contributed by atoms with Gasteiger partial charge in [0.25, 0.3) is 5.91 Å². The molecule has 1 heterocycles. The first-order valence-electron chi connectivity index (χ1n) is 9.54. The quantitative estimate of drug-likeness (QED) is 0.240. The average Bonchev–Trinajstić information content (AvgIpc) is 3.02. The fourth-order valence-electron chi connectivity index (χ4n) is 3.15. The molecule has 0 bridgehead atoms. The summed E-state index contributed by atoms with van der Waals surface area (Å²) in [5.41, 5.74) is 4.39. The van der Waals surface area contributed by atoms with Crippen molar-refractivity contribution in [1.29, 1.82) is 0 Å². The van der Waals surface area contributed by atoms with Crippen molar-refractivity contribution in [3.63, 3.8) is 0 Å². The molecule has 7 heteroatoms. The second kappa shape index (κ2) is 8.91. The number of thioether (sulfide) groups is 1. The number of rotatable bonds is 4. The number of carbonyl (C=O) groups excluding carboxylic acids is 1. The highest BCUT2D eigenvalue weighted by molar-refractivity contribution is 8.27. The molecular weight excluding hydrogens is 429 g/mol. The summed E-state index contributed by atoms with van der Waals surface area (Å²) < 4.78 is 14.4. The first-order chi connectivity index (χ1) is 14.9. The van der Waals surface area contributed by atoms with E-state index >= 15 is 0 Å². The summed E-state index contributed by atoms with van der Waals surface area (Å²) in [5.74, 6) is -0.650. The van der Waals surface area contributed by atoms with E-state index in [4.69, 9.17) is 12.2 Å². The van der Waals surface area contributed by atoms with Crippen LogP contribution in [-0.4, -0.2) is 10.2 Å². The number of amides is 1. The molecule has 0 saturated carbocycles. The Bertz CT molecular complexity index is 1250. The highest BCUT2D eigenvalue weighted by Gasteiger charge is 2.34. The summed E-state index contributed by atoms with van der Waals surface area (Å²) in [6.07, 6.45) is 1.54. The first kappa shape index (κ1) is 21.1. The molecule has 0 aromatic heterocycles. The monoisotopic (exact) mass is 447 g/mol. The van der Waals surface area contributed by atoms with Gasteiger partial charge in [0.2, 0.25) is 0 Å². The van der Waals surface area contributed by atoms with Crippen molar-refractivity contribution < 1.29 is 9.18 Å². The van der Waals surface area contributed by atoms with Crippen LogP contribution in [0, 0.1) is 19.7 Å². The van der Waals surface area contributed by atoms with Gasteiger partial charge >= 0.3 is 0 Å². The maximum absolute atomic E-state index is 14.0. The number of hydrogen-bond acceptors (Lipinski definition) is 5. The molecule has 4 rings (SSSR count). The molecule has 3 aromatic rings. The zero-order chi connectivity index (χ0) is 22.0. The SMILES string of the molecule is Cc1ccccc1N=Nc1ccc(N2C(=O)/C(=C/c3ccccc3F)SC2=S)c(C)c1. The van der Waals surface area contributed by atoms with E-state index < -0.39 is 0 Å². The molecule has 31 heavy (non-hydrogen) atoms. The first-order valence-corrected chi connectivity index (χ1v) is 10.8. The van der Waals surface area contributed by atoms with E-state index in [1.54, 1.807) is 30.3 Å². The molecule has 154 valence electrons. The van der Waals surface area contributed by atoms with Crippen LogP contribution in [0.1, 0.15) is 16.7 Å². The molecule has 0 unspecified atom stereocenters. The average molecular weight is 448 g/mol. The third-order valence-electron chi connectivity index (χ3n) is 4.80. The molecule has 1 aliphatic heterocycles. The van der Waals surface area contributed by atoms with Gasteiger partial charge in [0, 0.05) is 5.56 Å². The summed E-state index contributed by atoms with van der Waals surface area (Å²) in [4.78, 5) is 14.9. The van der Waals surface area contributed by atoms with E-state index in [1.165, 1.54) is 17.0 Å². The Morgan fingerprint density at radius 2 is 1.71 bits per heavy atom. The lowest BCUT2D eigenvalue weighted by molar-refractivity contribution is -0.113. The summed E-state index contributed by atoms with van der Waals surface area (Å²) in [7, 11) is 0. The van der Waals surface area contributed by atoms with Gasteiger partial charge in [-0.15, -0.1) is 0 Å². The van der Waals surface area contributed by atoms with Crippen LogP contribution in [-0.2, 0) is 4.79 Å². The minimum absolute atomic E-state index is 0.268. The van der Waals surface area contributed by atoms with Crippen LogP contribution in [0.5, 0.6) is 0 Å². The Kier molecular flexibility index (Phi) is 6.06. The third kappa shape index (κ3) is 4.47. The Morgan fingerprint density at radius 3 is 2.45 bits per heavy atom. The van der Waals surface area contributed by atoms with Crippen LogP contribution in [0.15, 0.2) is 81.9 Å². The van der Waals surface area contributed by atoms with E-state index in [-0.39, 0.29) is 11.7 Å². The minimum Gasteiger partial charge on any atom is -0.268 e. The topological polar surface area (TPSA) is 45.0 Å². The van der Waals surface area contributed by atoms with Crippen LogP contribution in [0.4, 0.5) is 21.5 Å². The fraction of sp³-hybridized carbons (Fsp3) is 0.0833. The zero-order valence-corrected chi connectivity index (χ0v) is 18.5. The molecule has 1 amide bonds. The Labute approximate surface area is 189 Å². The molecule has 1 aliphatic rings. The molecular formula is C24H18FN3OS2. The minimum atomic E-state index is -0.382. The van der Waals surface area contributed by atoms with Crippen LogP contribution < -0.4 is 4.90 Å². The molecule has 0 spiro atoms. The summed E-state index contributed by atoms with van der Waals surface area (Å²) in [5, 5.41) is 8.63. The normalized spacial score (nSPS) is 15.5. The number of benzene rings is 3. The van der Waals surface area contributed by atoms with E-state index in [9.17, 15) is 9.18 Å². The van der Waals surface area contributed by atoms with Crippen molar-refractivity contribution >= 4 is 57.3 Å². The number of azo groups is 1. The number of nitrogens with zero attached hydrogens (tertiary/aromatic N) is 3. The molecule has 4 nitrogen and oxygen atoms in total. The lowest BCUT2D eigenvalue weighted by atomic mass is 10.1. The van der Waals surface area contributed by atoms with E-state index in [1.807, 2.05) is 44.2 Å². The van der Waals surface area contributed by atoms with Crippen molar-refractivity contribution in [2.75, 3.05) is 4.90 Å². The van der Waals surface area contributed by atoms with Gasteiger partial charge in [0.15, 0.2) is 4.32 Å². The maximum Gasteiger partial charge on any atom is 0.270 e. The summed E-state index contributed by atoms with van der Waals surface area (Å²) in [6, 6.07) is 19.5. The van der Waals surface area contributed by atoms with Gasteiger partial charge in [-0.3, -0.25) is 9.69 Å². The zero-order valence-electron chi connectivity index (χ0n) is 16.9. The smallest absolute Gasteiger partial charge is 0.268 e. The number of halogens is 1. The highest BCUT2D eigenvalue weighted by atomic mass is 32.2. The highest BCUT2D eigenvalue weighted by Crippen LogP contribution is 2.38. The predicted octanol–water partition coefficient (Wildman–Crippen LogP) is 7.26. The molecule has 1 fully saturated rings. The number of anilines is 1. The van der Waals surface area contributed by atoms with Crippen molar-refractivity contribution in [3.05, 3.63) is 94.1 Å². The third-order valence-corrected chi connectivity index (χ3v) is 6.10. The van der Waals surface area contributed by atoms with Crippen molar-refractivity contribution in [2.45, 2.75) is 13.8 Å². The Hall–Kier alpha value is -3.16. The summed E-state index contributed by atoms with van der Waals surface area (Å²) in [6.45, 7) is 3.87. The molecule has 0 radical (unpaired) electrons. The van der Waals surface area contributed by atoms with Gasteiger partial charge in [0.1, 0.15) is 5.82 Å². The van der Waals surface area contributed by atoms with E-state index in [0.717, 1.165) is 28.6 Å². The predicted molar refractivity (Wildman–Crippen MR) is 129 cm³/mol. The van der Waals surface area contributed by atoms with E-state index in [0.29, 0.717) is 26.2 Å². The van der Waals surface area contributed by atoms with Crippen molar-refractivity contribution in [2.24, 2.45) is 10.2 Å². The number of thiocarbonyl (C=S) groups is 1. The van der Waals surface area contributed by atoms with E-state index in [2.05, 4.69) is 10.2 Å². The van der Waals surface area contributed by atoms with Crippen LogP contribution >= 0.6 is 24.0 Å². The lowest BCUT2D eigenvalue weighted by Gasteiger charge is -2.17. The Morgan fingerprint density at radius 1 is 0.968 bits per heavy atom.